The predicted octanol–water partition coefficient (Wildman–Crippen LogP) is 3.61. The molecular weight excluding hydrogens is 338 g/mol. The molecule has 124 valence electrons. The number of rotatable bonds is 3. The van der Waals surface area contributed by atoms with Gasteiger partial charge in [0.2, 0.25) is 11.8 Å². The summed E-state index contributed by atoms with van der Waals surface area (Å²) in [5.41, 5.74) is 0.767. The largest absolute Gasteiger partial charge is 0.326 e. The molecular formula is C17H13ClF2N2O2. The van der Waals surface area contributed by atoms with Crippen LogP contribution in [0.1, 0.15) is 6.42 Å². The van der Waals surface area contributed by atoms with Gasteiger partial charge in [0.1, 0.15) is 11.6 Å². The van der Waals surface area contributed by atoms with Gasteiger partial charge in [0.25, 0.3) is 0 Å². The molecule has 0 aliphatic carbocycles. The van der Waals surface area contributed by atoms with E-state index in [0.717, 1.165) is 6.07 Å². The zero-order chi connectivity index (χ0) is 17.3. The third-order valence-electron chi connectivity index (χ3n) is 3.80. The van der Waals surface area contributed by atoms with Gasteiger partial charge in [-0.15, -0.1) is 0 Å². The van der Waals surface area contributed by atoms with Crippen LogP contribution in [0.15, 0.2) is 42.5 Å². The highest BCUT2D eigenvalue weighted by Crippen LogP contribution is 2.27. The molecule has 0 aromatic heterocycles. The van der Waals surface area contributed by atoms with Gasteiger partial charge in [-0.05, 0) is 36.4 Å². The maximum atomic E-state index is 13.3. The van der Waals surface area contributed by atoms with Crippen molar-refractivity contribution in [1.82, 2.24) is 0 Å². The topological polar surface area (TPSA) is 49.4 Å². The van der Waals surface area contributed by atoms with Crippen LogP contribution in [0, 0.1) is 17.6 Å². The van der Waals surface area contributed by atoms with Crippen LogP contribution in [-0.4, -0.2) is 18.4 Å². The summed E-state index contributed by atoms with van der Waals surface area (Å²) in [4.78, 5) is 25.8. The van der Waals surface area contributed by atoms with Crippen molar-refractivity contribution in [3.05, 3.63) is 59.1 Å². The van der Waals surface area contributed by atoms with Crippen molar-refractivity contribution in [3.63, 3.8) is 0 Å². The highest BCUT2D eigenvalue weighted by atomic mass is 35.5. The lowest BCUT2D eigenvalue weighted by Crippen LogP contribution is -2.28. The second-order valence-electron chi connectivity index (χ2n) is 5.50. The van der Waals surface area contributed by atoms with E-state index in [0.29, 0.717) is 11.4 Å². The van der Waals surface area contributed by atoms with Gasteiger partial charge in [0, 0.05) is 24.3 Å². The SMILES string of the molecule is O=C(Nc1ccc(F)c(Cl)c1)C1CC(=O)N(c2cccc(F)c2)C1. The number of hydrogen-bond acceptors (Lipinski definition) is 2. The molecule has 2 aromatic carbocycles. The summed E-state index contributed by atoms with van der Waals surface area (Å²) in [6, 6.07) is 9.49. The van der Waals surface area contributed by atoms with Crippen molar-refractivity contribution in [2.75, 3.05) is 16.8 Å². The minimum atomic E-state index is -0.581. The number of hydrogen-bond donors (Lipinski definition) is 1. The van der Waals surface area contributed by atoms with Gasteiger partial charge in [-0.1, -0.05) is 17.7 Å². The number of carbonyl (C=O) groups excluding carboxylic acids is 2. The molecule has 7 heteroatoms. The minimum absolute atomic E-state index is 0.0251. The van der Waals surface area contributed by atoms with Crippen LogP contribution < -0.4 is 10.2 Å². The molecule has 1 unspecified atom stereocenters. The first-order valence-corrected chi connectivity index (χ1v) is 7.63. The van der Waals surface area contributed by atoms with Gasteiger partial charge >= 0.3 is 0 Å². The fraction of sp³-hybridized carbons (Fsp3) is 0.176. The van der Waals surface area contributed by atoms with Gasteiger partial charge in [-0.2, -0.15) is 0 Å². The van der Waals surface area contributed by atoms with Gasteiger partial charge in [0.05, 0.1) is 10.9 Å². The number of benzene rings is 2. The Labute approximate surface area is 142 Å². The molecule has 3 rings (SSSR count). The van der Waals surface area contributed by atoms with Crippen LogP contribution in [0.4, 0.5) is 20.2 Å². The number of nitrogens with zero attached hydrogens (tertiary/aromatic N) is 1. The maximum Gasteiger partial charge on any atom is 0.229 e. The lowest BCUT2D eigenvalue weighted by atomic mass is 10.1. The third-order valence-corrected chi connectivity index (χ3v) is 4.09. The van der Waals surface area contributed by atoms with Crippen LogP contribution in [0.2, 0.25) is 5.02 Å². The summed E-state index contributed by atoms with van der Waals surface area (Å²) >= 11 is 5.67. The molecule has 0 spiro atoms. The van der Waals surface area contributed by atoms with Gasteiger partial charge in [-0.25, -0.2) is 8.78 Å². The third kappa shape index (κ3) is 3.38. The Hall–Kier alpha value is -2.47. The molecule has 1 heterocycles. The van der Waals surface area contributed by atoms with E-state index in [4.69, 9.17) is 11.6 Å². The molecule has 2 amide bonds. The Bertz CT molecular complexity index is 813. The first kappa shape index (κ1) is 16.4. The zero-order valence-electron chi connectivity index (χ0n) is 12.4. The summed E-state index contributed by atoms with van der Waals surface area (Å²) < 4.78 is 26.4. The van der Waals surface area contributed by atoms with E-state index in [1.165, 1.54) is 35.2 Å². The van der Waals surface area contributed by atoms with E-state index >= 15 is 0 Å². The van der Waals surface area contributed by atoms with Crippen LogP contribution in [-0.2, 0) is 9.59 Å². The van der Waals surface area contributed by atoms with Crippen molar-refractivity contribution in [1.29, 1.82) is 0 Å². The molecule has 1 fully saturated rings. The Morgan fingerprint density at radius 3 is 2.71 bits per heavy atom. The number of halogens is 3. The van der Waals surface area contributed by atoms with Gasteiger partial charge in [0.15, 0.2) is 0 Å². The summed E-state index contributed by atoms with van der Waals surface area (Å²) in [5, 5.41) is 2.51. The second-order valence-corrected chi connectivity index (χ2v) is 5.91. The molecule has 0 radical (unpaired) electrons. The maximum absolute atomic E-state index is 13.3. The molecule has 1 saturated heterocycles. The standard InChI is InChI=1S/C17H13ClF2N2O2/c18-14-8-12(4-5-15(14)20)21-17(24)10-6-16(23)22(9-10)13-3-1-2-11(19)7-13/h1-5,7-8,10H,6,9H2,(H,21,24). The average molecular weight is 351 g/mol. The molecule has 1 N–H and O–H groups in total. The lowest BCUT2D eigenvalue weighted by molar-refractivity contribution is -0.122. The van der Waals surface area contributed by atoms with E-state index in [1.54, 1.807) is 6.07 Å². The summed E-state index contributed by atoms with van der Waals surface area (Å²) in [5.74, 6) is -2.23. The van der Waals surface area contributed by atoms with E-state index in [1.807, 2.05) is 0 Å². The molecule has 0 saturated carbocycles. The molecule has 2 aromatic rings. The van der Waals surface area contributed by atoms with Crippen LogP contribution in [0.25, 0.3) is 0 Å². The lowest BCUT2D eigenvalue weighted by Gasteiger charge is -2.16. The number of amides is 2. The fourth-order valence-electron chi connectivity index (χ4n) is 2.59. The van der Waals surface area contributed by atoms with Crippen LogP contribution >= 0.6 is 11.6 Å². The van der Waals surface area contributed by atoms with E-state index in [2.05, 4.69) is 5.32 Å². The fourth-order valence-corrected chi connectivity index (χ4v) is 2.78. The van der Waals surface area contributed by atoms with E-state index < -0.39 is 17.6 Å². The first-order chi connectivity index (χ1) is 11.4. The van der Waals surface area contributed by atoms with Gasteiger partial charge in [-0.3, -0.25) is 9.59 Å². The monoisotopic (exact) mass is 350 g/mol. The normalized spacial score (nSPS) is 17.2. The quantitative estimate of drug-likeness (QED) is 0.919. The van der Waals surface area contributed by atoms with Crippen molar-refractivity contribution in [2.45, 2.75) is 6.42 Å². The molecule has 1 atom stereocenters. The smallest absolute Gasteiger partial charge is 0.229 e. The highest BCUT2D eigenvalue weighted by Gasteiger charge is 2.35. The zero-order valence-corrected chi connectivity index (χ0v) is 13.2. The number of anilines is 2. The summed E-state index contributed by atoms with van der Waals surface area (Å²) in [6.07, 6.45) is 0.0251. The van der Waals surface area contributed by atoms with Gasteiger partial charge < -0.3 is 10.2 Å². The molecule has 0 bridgehead atoms. The van der Waals surface area contributed by atoms with Crippen molar-refractivity contribution < 1.29 is 18.4 Å². The predicted molar refractivity (Wildman–Crippen MR) is 86.9 cm³/mol. The Balaban J connectivity index is 1.70. The van der Waals surface area contributed by atoms with Crippen molar-refractivity contribution in [3.8, 4) is 0 Å². The number of carbonyl (C=O) groups is 2. The Kier molecular flexibility index (Phi) is 4.49. The van der Waals surface area contributed by atoms with Crippen LogP contribution in [0.5, 0.6) is 0 Å². The van der Waals surface area contributed by atoms with Crippen LogP contribution in [0.3, 0.4) is 0 Å². The molecule has 1 aliphatic rings. The Morgan fingerprint density at radius 2 is 2.00 bits per heavy atom. The Morgan fingerprint density at radius 1 is 1.21 bits per heavy atom. The molecule has 4 nitrogen and oxygen atoms in total. The minimum Gasteiger partial charge on any atom is -0.326 e. The summed E-state index contributed by atoms with van der Waals surface area (Å²) in [7, 11) is 0. The van der Waals surface area contributed by atoms with Crippen molar-refractivity contribution in [2.24, 2.45) is 5.92 Å². The average Bonchev–Trinajstić information content (AvgIpc) is 2.93. The second kappa shape index (κ2) is 6.57. The number of nitrogens with one attached hydrogen (secondary N) is 1. The summed E-state index contributed by atoms with van der Waals surface area (Å²) in [6.45, 7) is 0.156. The van der Waals surface area contributed by atoms with Crippen molar-refractivity contribution >= 4 is 34.8 Å². The molecule has 1 aliphatic heterocycles. The van der Waals surface area contributed by atoms with E-state index in [9.17, 15) is 18.4 Å². The first-order valence-electron chi connectivity index (χ1n) is 7.26. The van der Waals surface area contributed by atoms with E-state index in [-0.39, 0.29) is 29.8 Å². The molecule has 24 heavy (non-hydrogen) atoms. The highest BCUT2D eigenvalue weighted by molar-refractivity contribution is 6.31.